The molecular weight excluding hydrogens is 242 g/mol. The molecule has 1 heterocycles. The summed E-state index contributed by atoms with van der Waals surface area (Å²) < 4.78 is 5.38. The van der Waals surface area contributed by atoms with Crippen LogP contribution < -0.4 is 4.74 Å². The summed E-state index contributed by atoms with van der Waals surface area (Å²) in [6.45, 7) is 4.30. The van der Waals surface area contributed by atoms with Crippen molar-refractivity contribution in [2.75, 3.05) is 6.61 Å². The molecule has 0 atom stereocenters. The zero-order valence-corrected chi connectivity index (χ0v) is 10.9. The van der Waals surface area contributed by atoms with Crippen LogP contribution in [0.4, 0.5) is 0 Å². The number of aromatic carboxylic acids is 1. The highest BCUT2D eigenvalue weighted by Gasteiger charge is 2.12. The first-order valence-corrected chi connectivity index (χ1v) is 6.04. The molecule has 0 fully saturated rings. The van der Waals surface area contributed by atoms with Crippen LogP contribution in [0.1, 0.15) is 22.8 Å². The Bertz CT molecular complexity index is 608. The molecule has 0 aliphatic rings. The Kier molecular flexibility index (Phi) is 3.80. The molecule has 0 spiro atoms. The first-order chi connectivity index (χ1) is 9.11. The molecule has 98 valence electrons. The zero-order chi connectivity index (χ0) is 13.8. The third-order valence-electron chi connectivity index (χ3n) is 2.74. The maximum atomic E-state index is 11.3. The second kappa shape index (κ2) is 5.52. The number of carboxylic acid groups (broad SMARTS) is 1. The number of nitrogens with zero attached hydrogens (tertiary/aromatic N) is 1. The Morgan fingerprint density at radius 2 is 2.11 bits per heavy atom. The lowest BCUT2D eigenvalue weighted by Gasteiger charge is -2.09. The van der Waals surface area contributed by atoms with E-state index in [0.717, 1.165) is 11.1 Å². The summed E-state index contributed by atoms with van der Waals surface area (Å²) in [5.41, 5.74) is 2.57. The van der Waals surface area contributed by atoms with Crippen molar-refractivity contribution in [3.63, 3.8) is 0 Å². The van der Waals surface area contributed by atoms with E-state index in [1.807, 2.05) is 19.9 Å². The Balaban J connectivity index is 2.52. The molecule has 1 aromatic carbocycles. The molecule has 0 aliphatic heterocycles. The van der Waals surface area contributed by atoms with Gasteiger partial charge in [-0.05, 0) is 31.5 Å². The summed E-state index contributed by atoms with van der Waals surface area (Å²) in [5.74, 6) is -0.308. The molecule has 1 aromatic heterocycles. The van der Waals surface area contributed by atoms with Crippen LogP contribution in [0.15, 0.2) is 36.7 Å². The number of hydrogen-bond donors (Lipinski definition) is 1. The third-order valence-corrected chi connectivity index (χ3v) is 2.74. The summed E-state index contributed by atoms with van der Waals surface area (Å²) >= 11 is 0. The van der Waals surface area contributed by atoms with Gasteiger partial charge in [0.15, 0.2) is 0 Å². The molecular formula is C15H15NO3. The number of benzene rings is 1. The summed E-state index contributed by atoms with van der Waals surface area (Å²) in [5, 5.41) is 9.27. The van der Waals surface area contributed by atoms with E-state index in [1.165, 1.54) is 0 Å². The van der Waals surface area contributed by atoms with Crippen molar-refractivity contribution < 1.29 is 14.6 Å². The minimum atomic E-state index is -0.944. The van der Waals surface area contributed by atoms with E-state index in [9.17, 15) is 9.90 Å². The minimum Gasteiger partial charge on any atom is -0.492 e. The predicted octanol–water partition coefficient (Wildman–Crippen LogP) is 3.15. The fourth-order valence-electron chi connectivity index (χ4n) is 1.90. The van der Waals surface area contributed by atoms with Crippen LogP contribution in [0.3, 0.4) is 0 Å². The van der Waals surface area contributed by atoms with Crippen LogP contribution in [-0.4, -0.2) is 22.7 Å². The fourth-order valence-corrected chi connectivity index (χ4v) is 1.90. The Morgan fingerprint density at radius 3 is 2.79 bits per heavy atom. The Hall–Kier alpha value is -2.36. The van der Waals surface area contributed by atoms with E-state index >= 15 is 0 Å². The van der Waals surface area contributed by atoms with Crippen molar-refractivity contribution in [2.24, 2.45) is 0 Å². The van der Waals surface area contributed by atoms with Gasteiger partial charge >= 0.3 is 5.97 Å². The molecule has 0 unspecified atom stereocenters. The van der Waals surface area contributed by atoms with E-state index < -0.39 is 5.97 Å². The van der Waals surface area contributed by atoms with Crippen molar-refractivity contribution in [3.05, 3.63) is 47.8 Å². The molecule has 2 rings (SSSR count). The van der Waals surface area contributed by atoms with E-state index in [4.69, 9.17) is 4.74 Å². The van der Waals surface area contributed by atoms with Gasteiger partial charge in [0.05, 0.1) is 18.4 Å². The average molecular weight is 257 g/mol. The van der Waals surface area contributed by atoms with Crippen molar-refractivity contribution >= 4 is 5.97 Å². The number of rotatable bonds is 4. The van der Waals surface area contributed by atoms with Crippen LogP contribution in [-0.2, 0) is 0 Å². The molecule has 0 saturated carbocycles. The molecule has 0 saturated heterocycles. The average Bonchev–Trinajstić information content (AvgIpc) is 2.39. The van der Waals surface area contributed by atoms with Crippen LogP contribution in [0, 0.1) is 6.92 Å². The molecule has 0 radical (unpaired) electrons. The van der Waals surface area contributed by atoms with Crippen LogP contribution in [0.5, 0.6) is 5.75 Å². The zero-order valence-electron chi connectivity index (χ0n) is 10.9. The molecule has 0 amide bonds. The molecule has 4 nitrogen and oxygen atoms in total. The Morgan fingerprint density at radius 1 is 1.32 bits per heavy atom. The summed E-state index contributed by atoms with van der Waals surface area (Å²) in [4.78, 5) is 15.4. The third kappa shape index (κ3) is 2.91. The lowest BCUT2D eigenvalue weighted by atomic mass is 9.99. The number of carboxylic acids is 1. The van der Waals surface area contributed by atoms with Gasteiger partial charge in [-0.15, -0.1) is 0 Å². The minimum absolute atomic E-state index is 0.274. The fraction of sp³-hybridized carbons (Fsp3) is 0.200. The maximum Gasteiger partial charge on any atom is 0.336 e. The first kappa shape index (κ1) is 13.1. The lowest BCUT2D eigenvalue weighted by Crippen LogP contribution is -2.01. The largest absolute Gasteiger partial charge is 0.492 e. The highest BCUT2D eigenvalue weighted by molar-refractivity contribution is 5.96. The molecule has 2 aromatic rings. The molecule has 19 heavy (non-hydrogen) atoms. The van der Waals surface area contributed by atoms with Crippen molar-refractivity contribution in [1.82, 2.24) is 4.98 Å². The molecule has 4 heteroatoms. The summed E-state index contributed by atoms with van der Waals surface area (Å²) in [7, 11) is 0. The normalized spacial score (nSPS) is 10.2. The summed E-state index contributed by atoms with van der Waals surface area (Å²) in [6.07, 6.45) is 3.25. The van der Waals surface area contributed by atoms with Gasteiger partial charge in [-0.1, -0.05) is 17.7 Å². The highest BCUT2D eigenvalue weighted by Crippen LogP contribution is 2.27. The number of ether oxygens (including phenoxy) is 1. The maximum absolute atomic E-state index is 11.3. The predicted molar refractivity (Wildman–Crippen MR) is 72.5 cm³/mol. The van der Waals surface area contributed by atoms with Gasteiger partial charge in [-0.3, -0.25) is 4.98 Å². The quantitative estimate of drug-likeness (QED) is 0.914. The number of aromatic nitrogens is 1. The van der Waals surface area contributed by atoms with Gasteiger partial charge in [0.2, 0.25) is 0 Å². The SMILES string of the molecule is CCOc1cncc(-c2ccc(C)cc2C(=O)O)c1. The second-order valence-corrected chi connectivity index (χ2v) is 4.20. The number of hydrogen-bond acceptors (Lipinski definition) is 3. The van der Waals surface area contributed by atoms with E-state index in [0.29, 0.717) is 17.9 Å². The first-order valence-electron chi connectivity index (χ1n) is 6.04. The van der Waals surface area contributed by atoms with E-state index in [2.05, 4.69) is 4.98 Å². The van der Waals surface area contributed by atoms with Gasteiger partial charge in [-0.2, -0.15) is 0 Å². The van der Waals surface area contributed by atoms with Crippen molar-refractivity contribution in [1.29, 1.82) is 0 Å². The smallest absolute Gasteiger partial charge is 0.336 e. The molecule has 0 bridgehead atoms. The van der Waals surface area contributed by atoms with Crippen molar-refractivity contribution in [2.45, 2.75) is 13.8 Å². The lowest BCUT2D eigenvalue weighted by molar-refractivity contribution is 0.0697. The van der Waals surface area contributed by atoms with Crippen LogP contribution in [0.2, 0.25) is 0 Å². The van der Waals surface area contributed by atoms with Gasteiger partial charge in [0.25, 0.3) is 0 Å². The Labute approximate surface area is 111 Å². The van der Waals surface area contributed by atoms with E-state index in [1.54, 1.807) is 30.6 Å². The van der Waals surface area contributed by atoms with Crippen molar-refractivity contribution in [3.8, 4) is 16.9 Å². The molecule has 1 N–H and O–H groups in total. The van der Waals surface area contributed by atoms with Crippen LogP contribution >= 0.6 is 0 Å². The number of pyridine rings is 1. The standard InChI is InChI=1S/C15H15NO3/c1-3-19-12-7-11(8-16-9-12)13-5-4-10(2)6-14(13)15(17)18/h4-9H,3H2,1-2H3,(H,17,18). The monoisotopic (exact) mass is 257 g/mol. The number of aryl methyl sites for hydroxylation is 1. The van der Waals surface area contributed by atoms with Gasteiger partial charge in [0.1, 0.15) is 5.75 Å². The van der Waals surface area contributed by atoms with Gasteiger partial charge in [-0.25, -0.2) is 4.79 Å². The molecule has 0 aliphatic carbocycles. The number of carbonyl (C=O) groups is 1. The van der Waals surface area contributed by atoms with Crippen LogP contribution in [0.25, 0.3) is 11.1 Å². The highest BCUT2D eigenvalue weighted by atomic mass is 16.5. The second-order valence-electron chi connectivity index (χ2n) is 4.20. The van der Waals surface area contributed by atoms with Gasteiger partial charge in [0, 0.05) is 11.8 Å². The summed E-state index contributed by atoms with van der Waals surface area (Å²) in [6, 6.07) is 7.14. The van der Waals surface area contributed by atoms with E-state index in [-0.39, 0.29) is 5.56 Å². The topological polar surface area (TPSA) is 59.4 Å². The van der Waals surface area contributed by atoms with Gasteiger partial charge < -0.3 is 9.84 Å².